The molecule has 1 unspecified atom stereocenters. The first-order chi connectivity index (χ1) is 9.90. The second-order valence-corrected chi connectivity index (χ2v) is 6.63. The molecule has 2 aromatic rings. The number of benzene rings is 2. The van der Waals surface area contributed by atoms with E-state index >= 15 is 0 Å². The van der Waals surface area contributed by atoms with Gasteiger partial charge in [0.15, 0.2) is 0 Å². The van der Waals surface area contributed by atoms with Crippen LogP contribution in [0.25, 0.3) is 0 Å². The smallest absolute Gasteiger partial charge is 0.0513 e. The fraction of sp³-hybridized carbons (Fsp3) is 0.294. The number of hydrogen-bond acceptors (Lipinski definition) is 2. The highest BCUT2D eigenvalue weighted by Gasteiger charge is 2.15. The summed E-state index contributed by atoms with van der Waals surface area (Å²) in [5.74, 6) is 0. The Kier molecular flexibility index (Phi) is 5.31. The second kappa shape index (κ2) is 6.82. The Labute approximate surface area is 140 Å². The molecule has 0 bridgehead atoms. The zero-order valence-electron chi connectivity index (χ0n) is 12.5. The van der Waals surface area contributed by atoms with Gasteiger partial charge >= 0.3 is 0 Å². The number of nitrogens with zero attached hydrogens (tertiary/aromatic N) is 1. The lowest BCUT2D eigenvalue weighted by atomic mass is 10.1. The molecule has 4 heteroatoms. The van der Waals surface area contributed by atoms with Crippen LogP contribution in [0.2, 0.25) is 5.02 Å². The van der Waals surface area contributed by atoms with Crippen molar-refractivity contribution in [3.8, 4) is 0 Å². The molecule has 2 N–H and O–H groups in total. The molecule has 2 rings (SSSR count). The third kappa shape index (κ3) is 3.79. The molecule has 0 saturated heterocycles. The summed E-state index contributed by atoms with van der Waals surface area (Å²) in [6, 6.07) is 14.5. The van der Waals surface area contributed by atoms with Crippen molar-refractivity contribution in [2.75, 3.05) is 11.9 Å². The SMILES string of the molecule is CC(c1cccc(Cl)c1)N(C)c1ccc([C@@H](C)N)cc1Br. The molecule has 112 valence electrons. The maximum atomic E-state index is 6.08. The third-order valence-electron chi connectivity index (χ3n) is 3.79. The summed E-state index contributed by atoms with van der Waals surface area (Å²) < 4.78 is 1.05. The van der Waals surface area contributed by atoms with Gasteiger partial charge < -0.3 is 10.6 Å². The molecule has 21 heavy (non-hydrogen) atoms. The summed E-state index contributed by atoms with van der Waals surface area (Å²) in [6.45, 7) is 4.15. The maximum Gasteiger partial charge on any atom is 0.0513 e. The highest BCUT2D eigenvalue weighted by atomic mass is 79.9. The van der Waals surface area contributed by atoms with Gasteiger partial charge in [-0.2, -0.15) is 0 Å². The normalized spacial score (nSPS) is 13.8. The topological polar surface area (TPSA) is 29.3 Å². The highest BCUT2D eigenvalue weighted by molar-refractivity contribution is 9.10. The van der Waals surface area contributed by atoms with Gasteiger partial charge in [0.2, 0.25) is 0 Å². The lowest BCUT2D eigenvalue weighted by molar-refractivity contribution is 0.737. The summed E-state index contributed by atoms with van der Waals surface area (Å²) in [4.78, 5) is 2.22. The van der Waals surface area contributed by atoms with E-state index in [0.717, 1.165) is 20.7 Å². The van der Waals surface area contributed by atoms with Crippen LogP contribution in [0.15, 0.2) is 46.9 Å². The van der Waals surface area contributed by atoms with Gasteiger partial charge in [-0.05, 0) is 65.2 Å². The number of rotatable bonds is 4. The number of hydrogen-bond donors (Lipinski definition) is 1. The third-order valence-corrected chi connectivity index (χ3v) is 4.66. The van der Waals surface area contributed by atoms with Crippen LogP contribution in [0.5, 0.6) is 0 Å². The average Bonchev–Trinajstić information content (AvgIpc) is 2.45. The fourth-order valence-electron chi connectivity index (χ4n) is 2.29. The Bertz CT molecular complexity index is 628. The van der Waals surface area contributed by atoms with E-state index in [-0.39, 0.29) is 12.1 Å². The maximum absolute atomic E-state index is 6.08. The number of anilines is 1. The Morgan fingerprint density at radius 3 is 2.38 bits per heavy atom. The quantitative estimate of drug-likeness (QED) is 0.792. The van der Waals surface area contributed by atoms with Crippen LogP contribution in [0.3, 0.4) is 0 Å². The first kappa shape index (κ1) is 16.3. The van der Waals surface area contributed by atoms with Crippen molar-refractivity contribution >= 4 is 33.2 Å². The van der Waals surface area contributed by atoms with Crippen LogP contribution in [0.1, 0.15) is 37.1 Å². The van der Waals surface area contributed by atoms with Gasteiger partial charge in [0.25, 0.3) is 0 Å². The molecule has 2 nitrogen and oxygen atoms in total. The number of nitrogens with two attached hydrogens (primary N) is 1. The minimum absolute atomic E-state index is 0.0333. The minimum Gasteiger partial charge on any atom is -0.367 e. The van der Waals surface area contributed by atoms with Crippen molar-refractivity contribution < 1.29 is 0 Å². The Hall–Kier alpha value is -1.03. The van der Waals surface area contributed by atoms with Gasteiger partial charge in [-0.3, -0.25) is 0 Å². The summed E-state index contributed by atoms with van der Waals surface area (Å²) >= 11 is 9.73. The molecule has 0 aliphatic rings. The van der Waals surface area contributed by atoms with E-state index in [0.29, 0.717) is 0 Å². The number of halogens is 2. The van der Waals surface area contributed by atoms with Crippen molar-refractivity contribution in [1.29, 1.82) is 0 Å². The van der Waals surface area contributed by atoms with E-state index in [2.05, 4.69) is 59.1 Å². The van der Waals surface area contributed by atoms with E-state index in [1.54, 1.807) is 0 Å². The molecule has 0 aliphatic carbocycles. The van der Waals surface area contributed by atoms with Gasteiger partial charge in [-0.1, -0.05) is 29.8 Å². The van der Waals surface area contributed by atoms with Crippen molar-refractivity contribution in [2.24, 2.45) is 5.73 Å². The van der Waals surface area contributed by atoms with Crippen LogP contribution in [-0.2, 0) is 0 Å². The van der Waals surface area contributed by atoms with Gasteiger partial charge in [0.05, 0.1) is 11.7 Å². The lowest BCUT2D eigenvalue weighted by Gasteiger charge is -2.29. The molecule has 0 radical (unpaired) electrons. The van der Waals surface area contributed by atoms with Gasteiger partial charge in [-0.25, -0.2) is 0 Å². The molecular weight excluding hydrogens is 348 g/mol. The van der Waals surface area contributed by atoms with E-state index in [4.69, 9.17) is 17.3 Å². The summed E-state index contributed by atoms with van der Waals surface area (Å²) in [6.07, 6.45) is 0. The lowest BCUT2D eigenvalue weighted by Crippen LogP contribution is -2.22. The van der Waals surface area contributed by atoms with Crippen LogP contribution in [-0.4, -0.2) is 7.05 Å². The van der Waals surface area contributed by atoms with E-state index < -0.39 is 0 Å². The van der Waals surface area contributed by atoms with Crippen LogP contribution in [0, 0.1) is 0 Å². The zero-order chi connectivity index (χ0) is 15.6. The Balaban J connectivity index is 2.29. The monoisotopic (exact) mass is 366 g/mol. The molecule has 2 aromatic carbocycles. The zero-order valence-corrected chi connectivity index (χ0v) is 14.8. The van der Waals surface area contributed by atoms with Gasteiger partial charge in [0.1, 0.15) is 0 Å². The second-order valence-electron chi connectivity index (χ2n) is 5.34. The van der Waals surface area contributed by atoms with Crippen molar-refractivity contribution in [2.45, 2.75) is 25.9 Å². The molecular formula is C17H20BrClN2. The minimum atomic E-state index is 0.0333. The predicted octanol–water partition coefficient (Wildman–Crippen LogP) is 5.32. The Morgan fingerprint density at radius 1 is 1.10 bits per heavy atom. The highest BCUT2D eigenvalue weighted by Crippen LogP contribution is 2.33. The van der Waals surface area contributed by atoms with Crippen LogP contribution >= 0.6 is 27.5 Å². The first-order valence-corrected chi connectivity index (χ1v) is 8.10. The molecule has 0 saturated carbocycles. The molecule has 0 amide bonds. The predicted molar refractivity (Wildman–Crippen MR) is 95.0 cm³/mol. The largest absolute Gasteiger partial charge is 0.367 e. The van der Waals surface area contributed by atoms with Crippen molar-refractivity contribution in [3.63, 3.8) is 0 Å². The molecule has 0 fully saturated rings. The summed E-state index contributed by atoms with van der Waals surface area (Å²) in [5.41, 5.74) is 9.37. The van der Waals surface area contributed by atoms with Gasteiger partial charge in [-0.15, -0.1) is 0 Å². The summed E-state index contributed by atoms with van der Waals surface area (Å²) in [5, 5.41) is 0.763. The van der Waals surface area contributed by atoms with Crippen LogP contribution in [0.4, 0.5) is 5.69 Å². The summed E-state index contributed by atoms with van der Waals surface area (Å²) in [7, 11) is 2.08. The molecule has 2 atom stereocenters. The molecule has 0 aliphatic heterocycles. The molecule has 0 spiro atoms. The van der Waals surface area contributed by atoms with Crippen molar-refractivity contribution in [1.82, 2.24) is 0 Å². The molecule has 0 heterocycles. The van der Waals surface area contributed by atoms with E-state index in [1.165, 1.54) is 5.56 Å². The van der Waals surface area contributed by atoms with E-state index in [1.807, 2.05) is 25.1 Å². The standard InChI is InChI=1S/C17H20BrClN2/c1-11(20)13-7-8-17(16(18)10-13)21(3)12(2)14-5-4-6-15(19)9-14/h4-12H,20H2,1-3H3/t11-,12?/m1/s1. The van der Waals surface area contributed by atoms with Crippen molar-refractivity contribution in [3.05, 3.63) is 63.1 Å². The van der Waals surface area contributed by atoms with Crippen LogP contribution < -0.4 is 10.6 Å². The molecule has 0 aromatic heterocycles. The fourth-order valence-corrected chi connectivity index (χ4v) is 3.17. The first-order valence-electron chi connectivity index (χ1n) is 6.93. The van der Waals surface area contributed by atoms with Gasteiger partial charge in [0, 0.05) is 22.6 Å². The average molecular weight is 368 g/mol. The van der Waals surface area contributed by atoms with E-state index in [9.17, 15) is 0 Å². The Morgan fingerprint density at radius 2 is 1.81 bits per heavy atom.